The van der Waals surface area contributed by atoms with E-state index in [0.29, 0.717) is 10.3 Å². The minimum atomic E-state index is -0.236. The van der Waals surface area contributed by atoms with Crippen molar-refractivity contribution < 1.29 is 4.39 Å². The van der Waals surface area contributed by atoms with Crippen molar-refractivity contribution in [2.75, 3.05) is 19.6 Å². The van der Waals surface area contributed by atoms with Crippen LogP contribution in [0.1, 0.15) is 19.3 Å². The molecular formula is C14H18FN3S. The summed E-state index contributed by atoms with van der Waals surface area (Å²) >= 11 is 5.30. The number of H-pyrrole nitrogens is 1. The van der Waals surface area contributed by atoms with Gasteiger partial charge in [-0.1, -0.05) is 12.5 Å². The van der Waals surface area contributed by atoms with Crippen LogP contribution in [0.25, 0.3) is 11.0 Å². The number of para-hydroxylation sites is 1. The predicted octanol–water partition coefficient (Wildman–Crippen LogP) is 3.32. The van der Waals surface area contributed by atoms with Crippen LogP contribution in [0.2, 0.25) is 0 Å². The first-order valence-electron chi connectivity index (χ1n) is 6.85. The van der Waals surface area contributed by atoms with Gasteiger partial charge < -0.3 is 14.5 Å². The number of halogens is 1. The lowest BCUT2D eigenvalue weighted by Gasteiger charge is -2.26. The molecular weight excluding hydrogens is 261 g/mol. The van der Waals surface area contributed by atoms with Crippen molar-refractivity contribution in [3.63, 3.8) is 0 Å². The fraction of sp³-hybridized carbons (Fsp3) is 0.500. The number of aromatic nitrogens is 2. The molecule has 1 saturated heterocycles. The lowest BCUT2D eigenvalue weighted by atomic mass is 10.1. The van der Waals surface area contributed by atoms with Crippen LogP contribution in [0, 0.1) is 10.6 Å². The monoisotopic (exact) mass is 279 g/mol. The van der Waals surface area contributed by atoms with Crippen LogP contribution in [0.3, 0.4) is 0 Å². The Morgan fingerprint density at radius 1 is 1.16 bits per heavy atom. The van der Waals surface area contributed by atoms with Gasteiger partial charge in [0.05, 0.1) is 5.52 Å². The topological polar surface area (TPSA) is 24.0 Å². The van der Waals surface area contributed by atoms with Crippen molar-refractivity contribution in [1.29, 1.82) is 0 Å². The van der Waals surface area contributed by atoms with E-state index in [2.05, 4.69) is 9.88 Å². The van der Waals surface area contributed by atoms with Crippen molar-refractivity contribution in [3.8, 4) is 0 Å². The highest BCUT2D eigenvalue weighted by atomic mass is 32.1. The minimum absolute atomic E-state index is 0.236. The smallest absolute Gasteiger partial charge is 0.178 e. The summed E-state index contributed by atoms with van der Waals surface area (Å²) in [5.41, 5.74) is 1.38. The standard InChI is InChI=1S/C14H18FN3S/c15-11-5-4-6-12-13(11)16-14(19)18(12)10-9-17-7-2-1-3-8-17/h4-6H,1-3,7-10H2,(H,16,19). The zero-order valence-corrected chi connectivity index (χ0v) is 11.7. The van der Waals surface area contributed by atoms with Crippen molar-refractivity contribution in [3.05, 3.63) is 28.8 Å². The largest absolute Gasteiger partial charge is 0.328 e. The summed E-state index contributed by atoms with van der Waals surface area (Å²) in [5.74, 6) is -0.236. The third-order valence-electron chi connectivity index (χ3n) is 3.85. The number of benzene rings is 1. The quantitative estimate of drug-likeness (QED) is 0.871. The molecule has 3 nitrogen and oxygen atoms in total. The molecule has 5 heteroatoms. The molecule has 1 aromatic heterocycles. The Bertz CT molecular complexity index is 625. The highest BCUT2D eigenvalue weighted by Crippen LogP contribution is 2.17. The maximum absolute atomic E-state index is 13.7. The SMILES string of the molecule is Fc1cccc2c1[nH]c(=S)n2CCN1CCCCC1. The first-order chi connectivity index (χ1) is 9.25. The molecule has 102 valence electrons. The van der Waals surface area contributed by atoms with Gasteiger partial charge in [0, 0.05) is 13.1 Å². The van der Waals surface area contributed by atoms with Gasteiger partial charge in [0.15, 0.2) is 4.77 Å². The zero-order valence-electron chi connectivity index (χ0n) is 10.9. The maximum atomic E-state index is 13.7. The van der Waals surface area contributed by atoms with Crippen LogP contribution in [0.5, 0.6) is 0 Å². The summed E-state index contributed by atoms with van der Waals surface area (Å²) in [6.07, 6.45) is 3.91. The molecule has 2 aromatic rings. The lowest BCUT2D eigenvalue weighted by molar-refractivity contribution is 0.221. The van der Waals surface area contributed by atoms with E-state index < -0.39 is 0 Å². The Morgan fingerprint density at radius 2 is 1.95 bits per heavy atom. The summed E-state index contributed by atoms with van der Waals surface area (Å²) in [6.45, 7) is 4.15. The Kier molecular flexibility index (Phi) is 3.66. The number of rotatable bonds is 3. The number of nitrogens with one attached hydrogen (secondary N) is 1. The fourth-order valence-corrected chi connectivity index (χ4v) is 3.08. The van der Waals surface area contributed by atoms with Crippen LogP contribution >= 0.6 is 12.2 Å². The number of nitrogens with zero attached hydrogens (tertiary/aromatic N) is 2. The van der Waals surface area contributed by atoms with Gasteiger partial charge in [-0.25, -0.2) is 4.39 Å². The number of fused-ring (bicyclic) bond motifs is 1. The molecule has 19 heavy (non-hydrogen) atoms. The van der Waals surface area contributed by atoms with Gasteiger partial charge in [-0.15, -0.1) is 0 Å². The van der Waals surface area contributed by atoms with E-state index in [1.807, 2.05) is 10.6 Å². The second kappa shape index (κ2) is 5.43. The second-order valence-corrected chi connectivity index (χ2v) is 5.50. The van der Waals surface area contributed by atoms with Crippen LogP contribution in [0.4, 0.5) is 4.39 Å². The summed E-state index contributed by atoms with van der Waals surface area (Å²) in [7, 11) is 0. The van der Waals surface area contributed by atoms with E-state index in [4.69, 9.17) is 12.2 Å². The number of hydrogen-bond acceptors (Lipinski definition) is 2. The third-order valence-corrected chi connectivity index (χ3v) is 4.17. The van der Waals surface area contributed by atoms with E-state index in [0.717, 1.165) is 18.6 Å². The molecule has 1 aliphatic heterocycles. The third kappa shape index (κ3) is 2.58. The lowest BCUT2D eigenvalue weighted by Crippen LogP contribution is -2.32. The number of likely N-dealkylation sites (tertiary alicyclic amines) is 1. The maximum Gasteiger partial charge on any atom is 0.178 e. The predicted molar refractivity (Wildman–Crippen MR) is 77.4 cm³/mol. The van der Waals surface area contributed by atoms with Gasteiger partial charge in [-0.2, -0.15) is 0 Å². The number of aromatic amines is 1. The molecule has 0 aliphatic carbocycles. The van der Waals surface area contributed by atoms with E-state index in [1.165, 1.54) is 38.4 Å². The van der Waals surface area contributed by atoms with Crippen LogP contribution in [-0.2, 0) is 6.54 Å². The first-order valence-corrected chi connectivity index (χ1v) is 7.26. The summed E-state index contributed by atoms with van der Waals surface area (Å²) < 4.78 is 16.3. The molecule has 0 bridgehead atoms. The van der Waals surface area contributed by atoms with Gasteiger partial charge in [-0.05, 0) is 50.3 Å². The Hall–Kier alpha value is -1.20. The van der Waals surface area contributed by atoms with Gasteiger partial charge in [0.1, 0.15) is 11.3 Å². The van der Waals surface area contributed by atoms with Gasteiger partial charge in [0.25, 0.3) is 0 Å². The molecule has 0 radical (unpaired) electrons. The average Bonchev–Trinajstić information content (AvgIpc) is 2.75. The molecule has 1 aliphatic rings. The van der Waals surface area contributed by atoms with Crippen molar-refractivity contribution >= 4 is 23.3 Å². The van der Waals surface area contributed by atoms with Gasteiger partial charge >= 0.3 is 0 Å². The van der Waals surface area contributed by atoms with E-state index in [9.17, 15) is 4.39 Å². The Balaban J connectivity index is 1.82. The van der Waals surface area contributed by atoms with E-state index in [1.54, 1.807) is 6.07 Å². The Labute approximate surface area is 117 Å². The molecule has 0 amide bonds. The molecule has 0 unspecified atom stereocenters. The van der Waals surface area contributed by atoms with Crippen LogP contribution in [-0.4, -0.2) is 34.1 Å². The number of piperidine rings is 1. The first kappa shape index (κ1) is 12.8. The second-order valence-electron chi connectivity index (χ2n) is 5.12. The van der Waals surface area contributed by atoms with E-state index in [-0.39, 0.29) is 5.82 Å². The Morgan fingerprint density at radius 3 is 2.74 bits per heavy atom. The van der Waals surface area contributed by atoms with Crippen molar-refractivity contribution in [1.82, 2.24) is 14.5 Å². The minimum Gasteiger partial charge on any atom is -0.328 e. The number of imidazole rings is 1. The summed E-state index contributed by atoms with van der Waals surface area (Å²) in [4.78, 5) is 5.43. The average molecular weight is 279 g/mol. The van der Waals surface area contributed by atoms with Gasteiger partial charge in [0.2, 0.25) is 0 Å². The van der Waals surface area contributed by atoms with E-state index >= 15 is 0 Å². The fourth-order valence-electron chi connectivity index (χ4n) is 2.79. The molecule has 2 heterocycles. The molecule has 1 aromatic carbocycles. The zero-order chi connectivity index (χ0) is 13.2. The molecule has 0 spiro atoms. The highest BCUT2D eigenvalue weighted by Gasteiger charge is 2.12. The van der Waals surface area contributed by atoms with Crippen molar-refractivity contribution in [2.45, 2.75) is 25.8 Å². The molecule has 1 fully saturated rings. The van der Waals surface area contributed by atoms with Gasteiger partial charge in [-0.3, -0.25) is 0 Å². The highest BCUT2D eigenvalue weighted by molar-refractivity contribution is 7.71. The summed E-state index contributed by atoms with van der Waals surface area (Å²) in [5, 5.41) is 0. The molecule has 0 atom stereocenters. The molecule has 0 saturated carbocycles. The summed E-state index contributed by atoms with van der Waals surface area (Å²) in [6, 6.07) is 5.11. The molecule has 3 rings (SSSR count). The normalized spacial score (nSPS) is 17.1. The van der Waals surface area contributed by atoms with Crippen molar-refractivity contribution in [2.24, 2.45) is 0 Å². The van der Waals surface area contributed by atoms with Crippen LogP contribution < -0.4 is 0 Å². The molecule has 1 N–H and O–H groups in total. The van der Waals surface area contributed by atoms with Crippen LogP contribution in [0.15, 0.2) is 18.2 Å². The number of hydrogen-bond donors (Lipinski definition) is 1.